The van der Waals surface area contributed by atoms with E-state index in [1.807, 2.05) is 24.3 Å². The molecule has 0 saturated heterocycles. The van der Waals surface area contributed by atoms with Crippen molar-refractivity contribution in [3.63, 3.8) is 0 Å². The molecule has 2 aromatic heterocycles. The zero-order valence-corrected chi connectivity index (χ0v) is 18.1. The van der Waals surface area contributed by atoms with Crippen molar-refractivity contribution >= 4 is 10.9 Å². The van der Waals surface area contributed by atoms with Crippen molar-refractivity contribution in [3.05, 3.63) is 78.0 Å². The SMILES string of the molecule is CC(C)CC(N)COc1cncc(-c2ccc3n[nH]c(C#Cc4cccc(F)c4)c3c2)c1. The summed E-state index contributed by atoms with van der Waals surface area (Å²) in [7, 11) is 0. The van der Waals surface area contributed by atoms with E-state index in [1.165, 1.54) is 12.1 Å². The van der Waals surface area contributed by atoms with E-state index < -0.39 is 0 Å². The second-order valence-electron chi connectivity index (χ2n) is 8.20. The van der Waals surface area contributed by atoms with Crippen LogP contribution in [0.3, 0.4) is 0 Å². The van der Waals surface area contributed by atoms with Crippen molar-refractivity contribution in [1.29, 1.82) is 0 Å². The summed E-state index contributed by atoms with van der Waals surface area (Å²) >= 11 is 0. The molecule has 0 aliphatic heterocycles. The summed E-state index contributed by atoms with van der Waals surface area (Å²) in [5.41, 5.74) is 10.1. The number of nitrogens with one attached hydrogen (secondary N) is 1. The Labute approximate surface area is 186 Å². The first-order valence-electron chi connectivity index (χ1n) is 10.6. The average Bonchev–Trinajstić information content (AvgIpc) is 3.18. The van der Waals surface area contributed by atoms with E-state index in [9.17, 15) is 4.39 Å². The third-order valence-electron chi connectivity index (χ3n) is 5.00. The molecular formula is C26H25FN4O. The predicted octanol–water partition coefficient (Wildman–Crippen LogP) is 4.92. The van der Waals surface area contributed by atoms with E-state index in [-0.39, 0.29) is 11.9 Å². The number of halogens is 1. The van der Waals surface area contributed by atoms with Gasteiger partial charge in [-0.25, -0.2) is 4.39 Å². The molecule has 0 spiro atoms. The Bertz CT molecular complexity index is 1290. The largest absolute Gasteiger partial charge is 0.490 e. The van der Waals surface area contributed by atoms with E-state index in [1.54, 1.807) is 24.5 Å². The predicted molar refractivity (Wildman–Crippen MR) is 125 cm³/mol. The Kier molecular flexibility index (Phi) is 6.48. The summed E-state index contributed by atoms with van der Waals surface area (Å²) in [4.78, 5) is 4.32. The van der Waals surface area contributed by atoms with Gasteiger partial charge in [-0.05, 0) is 60.2 Å². The first-order chi connectivity index (χ1) is 15.5. The van der Waals surface area contributed by atoms with Gasteiger partial charge in [0.05, 0.1) is 11.7 Å². The quantitative estimate of drug-likeness (QED) is 0.428. The molecule has 0 aliphatic carbocycles. The molecule has 3 N–H and O–H groups in total. The van der Waals surface area contributed by atoms with Crippen molar-refractivity contribution in [2.45, 2.75) is 26.3 Å². The van der Waals surface area contributed by atoms with Crippen LogP contribution < -0.4 is 10.5 Å². The van der Waals surface area contributed by atoms with Crippen LogP contribution in [0.1, 0.15) is 31.5 Å². The number of hydrogen-bond acceptors (Lipinski definition) is 4. The van der Waals surface area contributed by atoms with Gasteiger partial charge in [0.2, 0.25) is 0 Å². The van der Waals surface area contributed by atoms with Gasteiger partial charge in [-0.1, -0.05) is 31.9 Å². The molecule has 6 heteroatoms. The molecule has 0 bridgehead atoms. The maximum atomic E-state index is 13.4. The molecule has 1 atom stereocenters. The minimum Gasteiger partial charge on any atom is -0.490 e. The summed E-state index contributed by atoms with van der Waals surface area (Å²) < 4.78 is 19.3. The smallest absolute Gasteiger partial charge is 0.138 e. The number of rotatable bonds is 6. The molecule has 0 fully saturated rings. The van der Waals surface area contributed by atoms with Crippen LogP contribution >= 0.6 is 0 Å². The summed E-state index contributed by atoms with van der Waals surface area (Å²) in [6.07, 6.45) is 4.39. The van der Waals surface area contributed by atoms with Gasteiger partial charge in [-0.15, -0.1) is 0 Å². The second kappa shape index (κ2) is 9.63. The summed E-state index contributed by atoms with van der Waals surface area (Å²) in [6.45, 7) is 4.74. The van der Waals surface area contributed by atoms with E-state index in [4.69, 9.17) is 10.5 Å². The average molecular weight is 429 g/mol. The number of benzene rings is 2. The molecule has 162 valence electrons. The van der Waals surface area contributed by atoms with Gasteiger partial charge in [0, 0.05) is 28.8 Å². The van der Waals surface area contributed by atoms with Gasteiger partial charge in [-0.3, -0.25) is 10.1 Å². The lowest BCUT2D eigenvalue weighted by Gasteiger charge is -2.15. The fourth-order valence-electron chi connectivity index (χ4n) is 3.52. The van der Waals surface area contributed by atoms with Gasteiger partial charge < -0.3 is 10.5 Å². The summed E-state index contributed by atoms with van der Waals surface area (Å²) in [6, 6.07) is 14.1. The monoisotopic (exact) mass is 428 g/mol. The number of nitrogens with two attached hydrogens (primary N) is 1. The number of nitrogens with zero attached hydrogens (tertiary/aromatic N) is 2. The van der Waals surface area contributed by atoms with E-state index in [0.29, 0.717) is 29.5 Å². The van der Waals surface area contributed by atoms with Crippen LogP contribution in [-0.2, 0) is 0 Å². The Morgan fingerprint density at radius 3 is 2.75 bits per heavy atom. The van der Waals surface area contributed by atoms with Crippen molar-refractivity contribution in [2.24, 2.45) is 11.7 Å². The molecule has 32 heavy (non-hydrogen) atoms. The van der Waals surface area contributed by atoms with Gasteiger partial charge in [0.15, 0.2) is 0 Å². The third-order valence-corrected chi connectivity index (χ3v) is 5.00. The van der Waals surface area contributed by atoms with Crippen molar-refractivity contribution in [1.82, 2.24) is 15.2 Å². The first kappa shape index (κ1) is 21.5. The minimum atomic E-state index is -0.312. The molecule has 0 aliphatic rings. The van der Waals surface area contributed by atoms with Crippen LogP contribution in [0, 0.1) is 23.6 Å². The number of H-pyrrole nitrogens is 1. The third kappa shape index (κ3) is 5.32. The fourth-order valence-corrected chi connectivity index (χ4v) is 3.52. The molecule has 4 rings (SSSR count). The lowest BCUT2D eigenvalue weighted by molar-refractivity contribution is 0.270. The van der Waals surface area contributed by atoms with Crippen molar-refractivity contribution in [3.8, 4) is 28.7 Å². The number of aromatic nitrogens is 3. The molecular weight excluding hydrogens is 403 g/mol. The Morgan fingerprint density at radius 1 is 1.06 bits per heavy atom. The zero-order chi connectivity index (χ0) is 22.5. The molecule has 4 aromatic rings. The molecule has 2 aromatic carbocycles. The van der Waals surface area contributed by atoms with E-state index >= 15 is 0 Å². The Hall–Kier alpha value is -3.69. The number of hydrogen-bond donors (Lipinski definition) is 2. The lowest BCUT2D eigenvalue weighted by atomic mass is 10.0. The van der Waals surface area contributed by atoms with Gasteiger partial charge >= 0.3 is 0 Å². The Balaban J connectivity index is 1.57. The van der Waals surface area contributed by atoms with Gasteiger partial charge in [0.25, 0.3) is 0 Å². The number of ether oxygens (including phenoxy) is 1. The maximum Gasteiger partial charge on any atom is 0.138 e. The maximum absolute atomic E-state index is 13.4. The number of aromatic amines is 1. The minimum absolute atomic E-state index is 0.0137. The molecule has 0 amide bonds. The van der Waals surface area contributed by atoms with Crippen LogP contribution in [0.5, 0.6) is 5.75 Å². The highest BCUT2D eigenvalue weighted by Gasteiger charge is 2.09. The molecule has 0 saturated carbocycles. The van der Waals surface area contributed by atoms with Crippen LogP contribution in [0.4, 0.5) is 4.39 Å². The highest BCUT2D eigenvalue weighted by atomic mass is 19.1. The number of pyridine rings is 1. The topological polar surface area (TPSA) is 76.8 Å². The zero-order valence-electron chi connectivity index (χ0n) is 18.1. The van der Waals surface area contributed by atoms with E-state index in [0.717, 1.165) is 28.5 Å². The van der Waals surface area contributed by atoms with Crippen LogP contribution in [-0.4, -0.2) is 27.8 Å². The van der Waals surface area contributed by atoms with Crippen molar-refractivity contribution in [2.75, 3.05) is 6.61 Å². The highest BCUT2D eigenvalue weighted by molar-refractivity contribution is 5.88. The van der Waals surface area contributed by atoms with Gasteiger partial charge in [0.1, 0.15) is 23.9 Å². The molecule has 2 heterocycles. The second-order valence-corrected chi connectivity index (χ2v) is 8.20. The van der Waals surface area contributed by atoms with E-state index in [2.05, 4.69) is 40.9 Å². The normalized spacial score (nSPS) is 11.9. The summed E-state index contributed by atoms with van der Waals surface area (Å²) in [5.74, 6) is 6.94. The fraction of sp³-hybridized carbons (Fsp3) is 0.231. The summed E-state index contributed by atoms with van der Waals surface area (Å²) in [5, 5.41) is 8.17. The highest BCUT2D eigenvalue weighted by Crippen LogP contribution is 2.27. The number of fused-ring (bicyclic) bond motifs is 1. The van der Waals surface area contributed by atoms with Crippen LogP contribution in [0.25, 0.3) is 22.0 Å². The van der Waals surface area contributed by atoms with Crippen molar-refractivity contribution < 1.29 is 9.13 Å². The van der Waals surface area contributed by atoms with Gasteiger partial charge in [-0.2, -0.15) is 5.10 Å². The Morgan fingerprint density at radius 2 is 1.94 bits per heavy atom. The molecule has 5 nitrogen and oxygen atoms in total. The molecule has 1 unspecified atom stereocenters. The van der Waals surface area contributed by atoms with Crippen LogP contribution in [0.2, 0.25) is 0 Å². The molecule has 0 radical (unpaired) electrons. The standard InChI is InChI=1S/C26H25FN4O/c1-17(2)10-22(28)16-32-23-12-20(14-29-15-23)19-7-9-26-24(13-19)25(30-31-26)8-6-18-4-3-5-21(27)11-18/h3-5,7,9,11-15,17,22H,10,16,28H2,1-2H3,(H,30,31). The first-order valence-corrected chi connectivity index (χ1v) is 10.6. The lowest BCUT2D eigenvalue weighted by Crippen LogP contribution is -2.29. The van der Waals surface area contributed by atoms with Crippen LogP contribution in [0.15, 0.2) is 60.9 Å².